The highest BCUT2D eigenvalue weighted by Crippen LogP contribution is 2.52. The molecule has 0 atom stereocenters. The lowest BCUT2D eigenvalue weighted by molar-refractivity contribution is 0.415. The Bertz CT molecular complexity index is 1910. The molecule has 0 saturated heterocycles. The largest absolute Gasteiger partial charge is 0.497 e. The zero-order valence-corrected chi connectivity index (χ0v) is 27.9. The van der Waals surface area contributed by atoms with Crippen molar-refractivity contribution in [3.05, 3.63) is 156 Å². The van der Waals surface area contributed by atoms with Gasteiger partial charge in [0.15, 0.2) is 0 Å². The molecule has 234 valence electrons. The molecule has 4 heteroatoms. The molecule has 0 spiro atoms. The maximum absolute atomic E-state index is 5.62. The Morgan fingerprint density at radius 2 is 0.787 bits per heavy atom. The topological polar surface area (TPSA) is 24.9 Å². The van der Waals surface area contributed by atoms with Crippen LogP contribution in [0.25, 0.3) is 11.1 Å². The Kier molecular flexibility index (Phi) is 7.73. The number of ether oxygens (including phenoxy) is 2. The van der Waals surface area contributed by atoms with Crippen molar-refractivity contribution in [1.82, 2.24) is 0 Å². The molecule has 0 aliphatic heterocycles. The number of hydrogen-bond acceptors (Lipinski definition) is 4. The van der Waals surface area contributed by atoms with Crippen molar-refractivity contribution < 1.29 is 9.47 Å². The fourth-order valence-electron chi connectivity index (χ4n) is 6.77. The number of fused-ring (bicyclic) bond motifs is 3. The normalized spacial score (nSPS) is 12.6. The molecule has 47 heavy (non-hydrogen) atoms. The maximum Gasteiger partial charge on any atom is 0.120 e. The minimum absolute atomic E-state index is 0.225. The number of benzene rings is 6. The molecule has 0 aromatic heterocycles. The lowest BCUT2D eigenvalue weighted by atomic mass is 9.82. The lowest BCUT2D eigenvalue weighted by Gasteiger charge is -2.29. The van der Waals surface area contributed by atoms with E-state index in [1.54, 1.807) is 14.2 Å². The highest BCUT2D eigenvalue weighted by atomic mass is 16.5. The summed E-state index contributed by atoms with van der Waals surface area (Å²) in [5, 5.41) is 0. The summed E-state index contributed by atoms with van der Waals surface area (Å²) in [5.41, 5.74) is 13.9. The summed E-state index contributed by atoms with van der Waals surface area (Å²) >= 11 is 0. The molecule has 1 aliphatic rings. The van der Waals surface area contributed by atoms with Gasteiger partial charge in [-0.1, -0.05) is 73.5 Å². The smallest absolute Gasteiger partial charge is 0.120 e. The lowest BCUT2D eigenvalue weighted by Crippen LogP contribution is -2.17. The molecule has 0 heterocycles. The van der Waals surface area contributed by atoms with Gasteiger partial charge in [0, 0.05) is 51.7 Å². The second-order valence-corrected chi connectivity index (χ2v) is 12.8. The minimum atomic E-state index is -0.225. The van der Waals surface area contributed by atoms with Gasteiger partial charge in [-0.05, 0) is 109 Å². The van der Waals surface area contributed by atoms with E-state index in [0.717, 1.165) is 45.6 Å². The summed E-state index contributed by atoms with van der Waals surface area (Å²) in [6.45, 7) is 8.93. The van der Waals surface area contributed by atoms with Crippen molar-refractivity contribution in [2.45, 2.75) is 33.1 Å². The van der Waals surface area contributed by atoms with Crippen LogP contribution in [0, 0.1) is 13.8 Å². The van der Waals surface area contributed by atoms with E-state index in [2.05, 4.69) is 147 Å². The third kappa shape index (κ3) is 5.50. The molecular weight excluding hydrogens is 576 g/mol. The van der Waals surface area contributed by atoms with Gasteiger partial charge in [-0.25, -0.2) is 0 Å². The molecule has 0 radical (unpaired) electrons. The molecule has 7 rings (SSSR count). The first-order valence-electron chi connectivity index (χ1n) is 16.1. The molecule has 1 aliphatic carbocycles. The minimum Gasteiger partial charge on any atom is -0.497 e. The van der Waals surface area contributed by atoms with E-state index in [1.807, 2.05) is 24.3 Å². The number of nitrogens with zero attached hydrogens (tertiary/aromatic N) is 2. The van der Waals surface area contributed by atoms with Crippen molar-refractivity contribution in [2.75, 3.05) is 24.0 Å². The van der Waals surface area contributed by atoms with Crippen LogP contribution in [0.2, 0.25) is 0 Å². The number of aryl methyl sites for hydroxylation is 2. The molecule has 0 bridgehead atoms. The predicted molar refractivity (Wildman–Crippen MR) is 196 cm³/mol. The number of rotatable bonds is 8. The maximum atomic E-state index is 5.62. The average Bonchev–Trinajstić information content (AvgIpc) is 3.32. The highest BCUT2D eigenvalue weighted by molar-refractivity contribution is 5.88. The molecule has 4 nitrogen and oxygen atoms in total. The van der Waals surface area contributed by atoms with Gasteiger partial charge in [0.25, 0.3) is 0 Å². The third-order valence-corrected chi connectivity index (χ3v) is 9.37. The van der Waals surface area contributed by atoms with Crippen molar-refractivity contribution in [3.8, 4) is 22.6 Å². The van der Waals surface area contributed by atoms with E-state index >= 15 is 0 Å². The van der Waals surface area contributed by atoms with Gasteiger partial charge in [-0.15, -0.1) is 0 Å². The Morgan fingerprint density at radius 1 is 0.426 bits per heavy atom. The molecule has 0 fully saturated rings. The second kappa shape index (κ2) is 12.0. The van der Waals surface area contributed by atoms with Crippen molar-refractivity contribution in [3.63, 3.8) is 0 Å². The van der Waals surface area contributed by atoms with Gasteiger partial charge in [0.05, 0.1) is 14.2 Å². The molecule has 0 unspecified atom stereocenters. The first-order chi connectivity index (χ1) is 22.8. The van der Waals surface area contributed by atoms with Crippen LogP contribution in [0.15, 0.2) is 133 Å². The van der Waals surface area contributed by atoms with Crippen LogP contribution in [0.3, 0.4) is 0 Å². The van der Waals surface area contributed by atoms with E-state index in [4.69, 9.17) is 9.47 Å². The Hall–Kier alpha value is -5.48. The van der Waals surface area contributed by atoms with E-state index in [9.17, 15) is 0 Å². The molecule has 6 aromatic carbocycles. The van der Waals surface area contributed by atoms with E-state index < -0.39 is 0 Å². The fourth-order valence-corrected chi connectivity index (χ4v) is 6.77. The predicted octanol–water partition coefficient (Wildman–Crippen LogP) is 11.6. The zero-order valence-electron chi connectivity index (χ0n) is 27.9. The standard InChI is InChI=1S/C43H40N2O2/c1-29-13-17-31(18-14-29)44(33-9-7-11-37(25-33)46-5)35-21-23-39-40-24-22-36(28-42(40)43(3,4)41(39)27-35)45(32-19-15-30(2)16-20-32)34-10-8-12-38(26-34)47-6/h7-28H,1-6H3. The van der Waals surface area contributed by atoms with Gasteiger partial charge in [-0.3, -0.25) is 0 Å². The van der Waals surface area contributed by atoms with Crippen LogP contribution >= 0.6 is 0 Å². The highest BCUT2D eigenvalue weighted by Gasteiger charge is 2.37. The van der Waals surface area contributed by atoms with E-state index in [0.29, 0.717) is 0 Å². The van der Waals surface area contributed by atoms with Crippen molar-refractivity contribution >= 4 is 34.1 Å². The molecule has 6 aromatic rings. The van der Waals surface area contributed by atoms with Gasteiger partial charge >= 0.3 is 0 Å². The first kappa shape index (κ1) is 30.2. The summed E-state index contributed by atoms with van der Waals surface area (Å²) in [6.07, 6.45) is 0. The summed E-state index contributed by atoms with van der Waals surface area (Å²) < 4.78 is 11.2. The van der Waals surface area contributed by atoms with Crippen molar-refractivity contribution in [1.29, 1.82) is 0 Å². The van der Waals surface area contributed by atoms with Gasteiger partial charge in [0.1, 0.15) is 11.5 Å². The van der Waals surface area contributed by atoms with Crippen LogP contribution in [-0.2, 0) is 5.41 Å². The van der Waals surface area contributed by atoms with Crippen LogP contribution < -0.4 is 19.3 Å². The summed E-state index contributed by atoms with van der Waals surface area (Å²) in [6, 6.07) is 47.8. The van der Waals surface area contributed by atoms with Crippen molar-refractivity contribution in [2.24, 2.45) is 0 Å². The molecule has 0 saturated carbocycles. The molecular formula is C43H40N2O2. The summed E-state index contributed by atoms with van der Waals surface area (Å²) in [5.74, 6) is 1.66. The fraction of sp³-hybridized carbons (Fsp3) is 0.163. The number of anilines is 6. The first-order valence-corrected chi connectivity index (χ1v) is 16.1. The molecule has 0 N–H and O–H groups in total. The zero-order chi connectivity index (χ0) is 32.7. The van der Waals surface area contributed by atoms with Gasteiger partial charge < -0.3 is 19.3 Å². The summed E-state index contributed by atoms with van der Waals surface area (Å²) in [7, 11) is 3.43. The van der Waals surface area contributed by atoms with E-state index in [1.165, 1.54) is 33.4 Å². The molecule has 0 amide bonds. The Labute approximate surface area is 278 Å². The van der Waals surface area contributed by atoms with Gasteiger partial charge in [0.2, 0.25) is 0 Å². The third-order valence-electron chi connectivity index (χ3n) is 9.37. The average molecular weight is 617 g/mol. The van der Waals surface area contributed by atoms with Crippen LogP contribution in [-0.4, -0.2) is 14.2 Å². The van der Waals surface area contributed by atoms with E-state index in [-0.39, 0.29) is 5.41 Å². The Balaban J connectivity index is 1.34. The van der Waals surface area contributed by atoms with Crippen LogP contribution in [0.4, 0.5) is 34.1 Å². The van der Waals surface area contributed by atoms with Gasteiger partial charge in [-0.2, -0.15) is 0 Å². The second-order valence-electron chi connectivity index (χ2n) is 12.8. The Morgan fingerprint density at radius 3 is 1.17 bits per heavy atom. The van der Waals surface area contributed by atoms with Crippen LogP contribution in [0.1, 0.15) is 36.1 Å². The summed E-state index contributed by atoms with van der Waals surface area (Å²) in [4.78, 5) is 4.63. The quantitative estimate of drug-likeness (QED) is 0.170. The number of methoxy groups -OCH3 is 2. The number of hydrogen-bond donors (Lipinski definition) is 0. The SMILES string of the molecule is COc1cccc(N(c2ccc(C)cc2)c2ccc3c(c2)C(C)(C)c2cc(N(c4ccc(C)cc4)c4cccc(OC)c4)ccc2-3)c1. The van der Waals surface area contributed by atoms with Crippen LogP contribution in [0.5, 0.6) is 11.5 Å². The monoisotopic (exact) mass is 616 g/mol.